The quantitative estimate of drug-likeness (QED) is 0.519. The molecule has 0 N–H and O–H groups in total. The largest absolute Gasteiger partial charge is 0.376 e. The maximum absolute atomic E-state index is 5.36. The van der Waals surface area contributed by atoms with Crippen LogP contribution in [0.5, 0.6) is 0 Å². The molecule has 2 heteroatoms. The Morgan fingerprint density at radius 3 is 1.60 bits per heavy atom. The van der Waals surface area contributed by atoms with Crippen LogP contribution >= 0.6 is 0 Å². The summed E-state index contributed by atoms with van der Waals surface area (Å²) in [7, 11) is 0. The van der Waals surface area contributed by atoms with Crippen molar-refractivity contribution in [3.8, 4) is 0 Å². The first-order valence-corrected chi connectivity index (χ1v) is 4.02. The van der Waals surface area contributed by atoms with Gasteiger partial charge in [-0.05, 0) is 13.8 Å². The summed E-state index contributed by atoms with van der Waals surface area (Å²) in [5.74, 6) is 0. The molecule has 1 rings (SSSR count). The highest BCUT2D eigenvalue weighted by Crippen LogP contribution is 2.05. The van der Waals surface area contributed by atoms with Crippen molar-refractivity contribution in [1.82, 2.24) is 0 Å². The van der Waals surface area contributed by atoms with Crippen molar-refractivity contribution in [3.05, 3.63) is 0 Å². The maximum atomic E-state index is 5.36. The van der Waals surface area contributed by atoms with Crippen molar-refractivity contribution in [2.24, 2.45) is 0 Å². The smallest absolute Gasteiger partial charge is 0.0785 e. The lowest BCUT2D eigenvalue weighted by atomic mass is 10.3. The molecule has 0 aromatic rings. The third-order valence-corrected chi connectivity index (χ3v) is 1.17. The predicted octanol–water partition coefficient (Wildman–Crippen LogP) is 1.84. The Hall–Kier alpha value is -0.0800. The summed E-state index contributed by atoms with van der Waals surface area (Å²) in [6, 6.07) is 0. The topological polar surface area (TPSA) is 18.5 Å². The van der Waals surface area contributed by atoms with E-state index in [0.717, 1.165) is 13.2 Å². The van der Waals surface area contributed by atoms with E-state index in [9.17, 15) is 0 Å². The van der Waals surface area contributed by atoms with Crippen LogP contribution in [0.15, 0.2) is 0 Å². The summed E-state index contributed by atoms with van der Waals surface area (Å²) in [6.07, 6.45) is 0.581. The van der Waals surface area contributed by atoms with Crippen molar-refractivity contribution < 1.29 is 9.47 Å². The second-order valence-electron chi connectivity index (χ2n) is 2.29. The van der Waals surface area contributed by atoms with Crippen LogP contribution in [-0.4, -0.2) is 25.4 Å². The van der Waals surface area contributed by atoms with Gasteiger partial charge in [0.05, 0.1) is 25.4 Å². The van der Waals surface area contributed by atoms with Gasteiger partial charge in [0.15, 0.2) is 0 Å². The van der Waals surface area contributed by atoms with E-state index in [1.807, 2.05) is 27.7 Å². The normalized spacial score (nSPS) is 32.4. The first-order chi connectivity index (χ1) is 4.79. The van der Waals surface area contributed by atoms with Crippen LogP contribution in [0.1, 0.15) is 27.7 Å². The number of ether oxygens (including phenoxy) is 2. The van der Waals surface area contributed by atoms with E-state index in [-0.39, 0.29) is 0 Å². The second-order valence-corrected chi connectivity index (χ2v) is 2.29. The van der Waals surface area contributed by atoms with Crippen LogP contribution in [0.2, 0.25) is 0 Å². The van der Waals surface area contributed by atoms with Crippen LogP contribution in [-0.2, 0) is 9.47 Å². The zero-order valence-corrected chi connectivity index (χ0v) is 7.39. The van der Waals surface area contributed by atoms with Gasteiger partial charge in [-0.3, -0.25) is 0 Å². The van der Waals surface area contributed by atoms with E-state index in [1.54, 1.807) is 0 Å². The summed E-state index contributed by atoms with van der Waals surface area (Å²) in [4.78, 5) is 0. The Bertz CT molecular complexity index is 65.7. The van der Waals surface area contributed by atoms with Crippen LogP contribution < -0.4 is 0 Å². The van der Waals surface area contributed by atoms with Crippen molar-refractivity contribution >= 4 is 0 Å². The lowest BCUT2D eigenvalue weighted by Gasteiger charge is -2.24. The van der Waals surface area contributed by atoms with Crippen molar-refractivity contribution in [3.63, 3.8) is 0 Å². The maximum Gasteiger partial charge on any atom is 0.0785 e. The minimum Gasteiger partial charge on any atom is -0.376 e. The molecule has 1 aliphatic heterocycles. The number of hydrogen-bond acceptors (Lipinski definition) is 2. The second kappa shape index (κ2) is 5.69. The van der Waals surface area contributed by atoms with Crippen molar-refractivity contribution in [2.75, 3.05) is 13.2 Å². The van der Waals surface area contributed by atoms with Gasteiger partial charge in [0.2, 0.25) is 0 Å². The van der Waals surface area contributed by atoms with Gasteiger partial charge in [0, 0.05) is 0 Å². The molecule has 0 aromatic carbocycles. The van der Waals surface area contributed by atoms with E-state index < -0.39 is 0 Å². The molecular formula is C8H18O2. The molecule has 1 fully saturated rings. The lowest BCUT2D eigenvalue weighted by molar-refractivity contribution is -0.122. The van der Waals surface area contributed by atoms with Crippen LogP contribution in [0.4, 0.5) is 0 Å². The van der Waals surface area contributed by atoms with Gasteiger partial charge in [-0.2, -0.15) is 0 Å². The SMILES string of the molecule is CC.CC1COCC(C)O1. The molecule has 2 atom stereocenters. The first kappa shape index (κ1) is 9.92. The monoisotopic (exact) mass is 146 g/mol. The highest BCUT2D eigenvalue weighted by molar-refractivity contribution is 4.59. The summed E-state index contributed by atoms with van der Waals surface area (Å²) in [6.45, 7) is 9.56. The van der Waals surface area contributed by atoms with Crippen LogP contribution in [0.25, 0.3) is 0 Å². The van der Waals surface area contributed by atoms with Gasteiger partial charge in [-0.15, -0.1) is 0 Å². The molecule has 1 aliphatic rings. The summed E-state index contributed by atoms with van der Waals surface area (Å²) in [5, 5.41) is 0. The van der Waals surface area contributed by atoms with Gasteiger partial charge >= 0.3 is 0 Å². The predicted molar refractivity (Wildman–Crippen MR) is 42.2 cm³/mol. The van der Waals surface area contributed by atoms with Gasteiger partial charge < -0.3 is 9.47 Å². The molecular weight excluding hydrogens is 128 g/mol. The fourth-order valence-electron chi connectivity index (χ4n) is 0.875. The van der Waals surface area contributed by atoms with E-state index in [4.69, 9.17) is 9.47 Å². The Labute approximate surface area is 63.5 Å². The molecule has 0 saturated carbocycles. The fourth-order valence-corrected chi connectivity index (χ4v) is 0.875. The van der Waals surface area contributed by atoms with E-state index >= 15 is 0 Å². The zero-order chi connectivity index (χ0) is 7.98. The Morgan fingerprint density at radius 2 is 1.40 bits per heavy atom. The minimum absolute atomic E-state index is 0.291. The van der Waals surface area contributed by atoms with Crippen LogP contribution in [0, 0.1) is 0 Å². The highest BCUT2D eigenvalue weighted by Gasteiger charge is 2.14. The van der Waals surface area contributed by atoms with E-state index in [0.29, 0.717) is 12.2 Å². The first-order valence-electron chi connectivity index (χ1n) is 4.02. The summed E-state index contributed by atoms with van der Waals surface area (Å²) in [5.41, 5.74) is 0. The molecule has 0 spiro atoms. The van der Waals surface area contributed by atoms with Gasteiger partial charge in [-0.1, -0.05) is 13.8 Å². The molecule has 0 bridgehead atoms. The molecule has 0 radical (unpaired) electrons. The zero-order valence-electron chi connectivity index (χ0n) is 7.39. The molecule has 1 saturated heterocycles. The molecule has 1 heterocycles. The number of rotatable bonds is 0. The van der Waals surface area contributed by atoms with E-state index in [1.165, 1.54) is 0 Å². The molecule has 10 heavy (non-hydrogen) atoms. The fraction of sp³-hybridized carbons (Fsp3) is 1.00. The molecule has 2 unspecified atom stereocenters. The summed E-state index contributed by atoms with van der Waals surface area (Å²) < 4.78 is 10.5. The standard InChI is InChI=1S/C6H12O2.C2H6/c1-5-3-7-4-6(2)8-5;1-2/h5-6H,3-4H2,1-2H3;1-2H3. The van der Waals surface area contributed by atoms with Gasteiger partial charge in [0.25, 0.3) is 0 Å². The average molecular weight is 146 g/mol. The third kappa shape index (κ3) is 3.85. The summed E-state index contributed by atoms with van der Waals surface area (Å²) >= 11 is 0. The van der Waals surface area contributed by atoms with Crippen LogP contribution in [0.3, 0.4) is 0 Å². The molecule has 0 aromatic heterocycles. The Balaban J connectivity index is 0.000000371. The molecule has 0 aliphatic carbocycles. The highest BCUT2D eigenvalue weighted by atomic mass is 16.6. The lowest BCUT2D eigenvalue weighted by Crippen LogP contribution is -2.32. The molecule has 2 nitrogen and oxygen atoms in total. The minimum atomic E-state index is 0.291. The molecule has 62 valence electrons. The third-order valence-electron chi connectivity index (χ3n) is 1.17. The number of hydrogen-bond donors (Lipinski definition) is 0. The van der Waals surface area contributed by atoms with Crippen molar-refractivity contribution in [1.29, 1.82) is 0 Å². The van der Waals surface area contributed by atoms with Gasteiger partial charge in [-0.25, -0.2) is 0 Å². The molecule has 0 amide bonds. The van der Waals surface area contributed by atoms with E-state index in [2.05, 4.69) is 0 Å². The van der Waals surface area contributed by atoms with Crippen molar-refractivity contribution in [2.45, 2.75) is 39.9 Å². The average Bonchev–Trinajstić information content (AvgIpc) is 1.91. The van der Waals surface area contributed by atoms with Gasteiger partial charge in [0.1, 0.15) is 0 Å². The Kier molecular flexibility index (Phi) is 5.64. The Morgan fingerprint density at radius 1 is 1.00 bits per heavy atom.